The summed E-state index contributed by atoms with van der Waals surface area (Å²) in [6, 6.07) is 0. The molecule has 0 aromatic carbocycles. The normalized spacial score (nSPS) is 12.7. The van der Waals surface area contributed by atoms with E-state index in [-0.39, 0.29) is 11.3 Å². The Labute approximate surface area is 154 Å². The zero-order chi connectivity index (χ0) is 20.0. The Hall–Kier alpha value is -0.410. The Morgan fingerprint density at radius 3 is 1.83 bits per heavy atom. The molecule has 0 aliphatic heterocycles. The Bertz CT molecular complexity index is 298. The van der Waals surface area contributed by atoms with Crippen LogP contribution in [0.2, 0.25) is 0 Å². The lowest BCUT2D eigenvalue weighted by Crippen LogP contribution is -2.54. The molecule has 0 aliphatic rings. The fourth-order valence-corrected chi connectivity index (χ4v) is 2.58. The first kappa shape index (κ1) is 28.4. The van der Waals surface area contributed by atoms with E-state index in [0.29, 0.717) is 12.5 Å². The molecule has 3 nitrogen and oxygen atoms in total. The highest BCUT2D eigenvalue weighted by molar-refractivity contribution is 5.89. The number of carbonyl (C=O) groups is 1. The quantitative estimate of drug-likeness (QED) is 0.565. The number of unbranched alkanes of at least 4 members (excludes halogenated alkanes) is 1. The molecule has 0 amide bonds. The predicted octanol–water partition coefficient (Wildman–Crippen LogP) is 5.53. The van der Waals surface area contributed by atoms with Gasteiger partial charge in [0.1, 0.15) is 0 Å². The Balaban J connectivity index is -0.00000102. The molecule has 1 unspecified atom stereocenters. The molecule has 0 rings (SSSR count). The standard InChI is InChI=1S/C17H36N2O.2C2H6/c1-9-11-12-14(10-2)17(5,6)19(8)13-15(20)16(3,4)18-7;2*1-2/h14,18H,9-13H2,1-8H3;2*1-2H3. The third-order valence-electron chi connectivity index (χ3n) is 5.08. The van der Waals surface area contributed by atoms with Gasteiger partial charge in [0.15, 0.2) is 5.78 Å². The lowest BCUT2D eigenvalue weighted by molar-refractivity contribution is -0.126. The third kappa shape index (κ3) is 9.78. The summed E-state index contributed by atoms with van der Waals surface area (Å²) in [7, 11) is 3.93. The van der Waals surface area contributed by atoms with Crippen LogP contribution < -0.4 is 5.32 Å². The van der Waals surface area contributed by atoms with E-state index >= 15 is 0 Å². The van der Waals surface area contributed by atoms with E-state index < -0.39 is 5.54 Å². The van der Waals surface area contributed by atoms with Crippen molar-refractivity contribution in [2.24, 2.45) is 5.92 Å². The maximum Gasteiger partial charge on any atom is 0.166 e. The average Bonchev–Trinajstić information content (AvgIpc) is 2.58. The van der Waals surface area contributed by atoms with Crippen molar-refractivity contribution in [3.05, 3.63) is 0 Å². The van der Waals surface area contributed by atoms with Crippen molar-refractivity contribution in [3.63, 3.8) is 0 Å². The Morgan fingerprint density at radius 1 is 1.04 bits per heavy atom. The molecule has 0 aliphatic carbocycles. The zero-order valence-corrected chi connectivity index (χ0v) is 19.0. The Morgan fingerprint density at radius 2 is 1.50 bits per heavy atom. The summed E-state index contributed by atoms with van der Waals surface area (Å²) in [4.78, 5) is 14.6. The summed E-state index contributed by atoms with van der Waals surface area (Å²) in [5.74, 6) is 0.888. The number of nitrogens with zero attached hydrogens (tertiary/aromatic N) is 1. The van der Waals surface area contributed by atoms with Crippen LogP contribution in [0.5, 0.6) is 0 Å². The molecular formula is C21H48N2O. The van der Waals surface area contributed by atoms with Crippen LogP contribution in [0.25, 0.3) is 0 Å². The number of hydrogen-bond donors (Lipinski definition) is 1. The fourth-order valence-electron chi connectivity index (χ4n) is 2.58. The molecule has 3 heteroatoms. The molecule has 0 spiro atoms. The molecule has 0 bridgehead atoms. The molecule has 1 N–H and O–H groups in total. The average molecular weight is 345 g/mol. The summed E-state index contributed by atoms with van der Waals surface area (Å²) >= 11 is 0. The minimum absolute atomic E-state index is 0.0589. The number of rotatable bonds is 10. The molecule has 0 fully saturated rings. The number of hydrogen-bond acceptors (Lipinski definition) is 3. The summed E-state index contributed by atoms with van der Waals surface area (Å²) in [6.45, 7) is 21.4. The number of carbonyl (C=O) groups excluding carboxylic acids is 1. The van der Waals surface area contributed by atoms with Gasteiger partial charge in [0.2, 0.25) is 0 Å². The molecule has 0 heterocycles. The van der Waals surface area contributed by atoms with E-state index in [1.807, 2.05) is 48.6 Å². The largest absolute Gasteiger partial charge is 0.308 e. The second-order valence-electron chi connectivity index (χ2n) is 7.06. The molecule has 148 valence electrons. The molecule has 1 atom stereocenters. The highest BCUT2D eigenvalue weighted by Gasteiger charge is 2.35. The van der Waals surface area contributed by atoms with Gasteiger partial charge >= 0.3 is 0 Å². The van der Waals surface area contributed by atoms with Crippen molar-refractivity contribution >= 4 is 5.78 Å². The van der Waals surface area contributed by atoms with E-state index in [2.05, 4.69) is 45.0 Å². The van der Waals surface area contributed by atoms with E-state index in [0.717, 1.165) is 0 Å². The van der Waals surface area contributed by atoms with Crippen LogP contribution >= 0.6 is 0 Å². The summed E-state index contributed by atoms with van der Waals surface area (Å²) in [5, 5.41) is 3.10. The topological polar surface area (TPSA) is 32.3 Å². The van der Waals surface area contributed by atoms with Crippen molar-refractivity contribution in [1.82, 2.24) is 10.2 Å². The number of likely N-dealkylation sites (N-methyl/N-ethyl adjacent to an activating group) is 2. The summed E-state index contributed by atoms with van der Waals surface area (Å²) < 4.78 is 0. The van der Waals surface area contributed by atoms with Crippen molar-refractivity contribution in [2.75, 3.05) is 20.6 Å². The van der Waals surface area contributed by atoms with Gasteiger partial charge in [0.25, 0.3) is 0 Å². The molecule has 0 radical (unpaired) electrons. The first-order chi connectivity index (χ1) is 11.1. The first-order valence-corrected chi connectivity index (χ1v) is 10.1. The first-order valence-electron chi connectivity index (χ1n) is 10.1. The van der Waals surface area contributed by atoms with Gasteiger partial charge in [0.05, 0.1) is 12.1 Å². The van der Waals surface area contributed by atoms with Crippen LogP contribution in [0.15, 0.2) is 0 Å². The molecule has 0 saturated heterocycles. The fraction of sp³-hybridized carbons (Fsp3) is 0.952. The van der Waals surface area contributed by atoms with Gasteiger partial charge in [-0.25, -0.2) is 0 Å². The van der Waals surface area contributed by atoms with Crippen molar-refractivity contribution in [2.45, 2.75) is 106 Å². The molecule has 0 saturated carbocycles. The minimum atomic E-state index is -0.449. The maximum absolute atomic E-state index is 12.4. The van der Waals surface area contributed by atoms with Gasteiger partial charge in [-0.05, 0) is 54.1 Å². The highest BCUT2D eigenvalue weighted by atomic mass is 16.1. The molecule has 0 aromatic heterocycles. The second kappa shape index (κ2) is 14.9. The highest BCUT2D eigenvalue weighted by Crippen LogP contribution is 2.30. The van der Waals surface area contributed by atoms with Crippen molar-refractivity contribution < 1.29 is 4.79 Å². The van der Waals surface area contributed by atoms with Gasteiger partial charge in [0, 0.05) is 5.54 Å². The Kier molecular flexibility index (Phi) is 17.6. The van der Waals surface area contributed by atoms with E-state index in [4.69, 9.17) is 0 Å². The lowest BCUT2D eigenvalue weighted by Gasteiger charge is -2.43. The van der Waals surface area contributed by atoms with Crippen LogP contribution in [0.4, 0.5) is 0 Å². The minimum Gasteiger partial charge on any atom is -0.308 e. The number of nitrogens with one attached hydrogen (secondary N) is 1. The predicted molar refractivity (Wildman–Crippen MR) is 111 cm³/mol. The smallest absolute Gasteiger partial charge is 0.166 e. The number of ketones is 1. The van der Waals surface area contributed by atoms with Gasteiger partial charge in [-0.3, -0.25) is 9.69 Å². The maximum atomic E-state index is 12.4. The SMILES string of the molecule is CC.CC.CCCCC(CC)C(C)(C)N(C)CC(=O)C(C)(C)NC. The zero-order valence-electron chi connectivity index (χ0n) is 19.0. The van der Waals surface area contributed by atoms with Crippen LogP contribution in [0.1, 0.15) is 94.9 Å². The van der Waals surface area contributed by atoms with Crippen LogP contribution in [0.3, 0.4) is 0 Å². The molecular weight excluding hydrogens is 296 g/mol. The van der Waals surface area contributed by atoms with Gasteiger partial charge in [-0.15, -0.1) is 0 Å². The van der Waals surface area contributed by atoms with Crippen molar-refractivity contribution in [1.29, 1.82) is 0 Å². The van der Waals surface area contributed by atoms with E-state index in [1.54, 1.807) is 0 Å². The summed E-state index contributed by atoms with van der Waals surface area (Å²) in [5.41, 5.74) is -0.390. The van der Waals surface area contributed by atoms with Gasteiger partial charge in [-0.1, -0.05) is 60.8 Å². The number of Topliss-reactive ketones (excluding diaryl/α,β-unsaturated/α-hetero) is 1. The molecule has 0 aromatic rings. The van der Waals surface area contributed by atoms with Gasteiger partial charge in [-0.2, -0.15) is 0 Å². The summed E-state index contributed by atoms with van der Waals surface area (Å²) in [6.07, 6.45) is 4.92. The van der Waals surface area contributed by atoms with Crippen molar-refractivity contribution in [3.8, 4) is 0 Å². The monoisotopic (exact) mass is 344 g/mol. The lowest BCUT2D eigenvalue weighted by atomic mass is 9.80. The van der Waals surface area contributed by atoms with Gasteiger partial charge < -0.3 is 5.32 Å². The third-order valence-corrected chi connectivity index (χ3v) is 5.08. The van der Waals surface area contributed by atoms with Crippen LogP contribution in [-0.2, 0) is 4.79 Å². The van der Waals surface area contributed by atoms with E-state index in [1.165, 1.54) is 25.7 Å². The second-order valence-corrected chi connectivity index (χ2v) is 7.06. The van der Waals surface area contributed by atoms with E-state index in [9.17, 15) is 4.79 Å². The molecule has 24 heavy (non-hydrogen) atoms. The van der Waals surface area contributed by atoms with Crippen LogP contribution in [0, 0.1) is 5.92 Å². The van der Waals surface area contributed by atoms with Crippen LogP contribution in [-0.4, -0.2) is 42.4 Å².